The van der Waals surface area contributed by atoms with Crippen LogP contribution in [0.5, 0.6) is 0 Å². The second-order valence-corrected chi connectivity index (χ2v) is 6.32. The predicted molar refractivity (Wildman–Crippen MR) is 88.2 cm³/mol. The number of aliphatic hydroxyl groups excluding tert-OH is 1. The van der Waals surface area contributed by atoms with Crippen molar-refractivity contribution in [2.75, 3.05) is 12.1 Å². The Balaban J connectivity index is 1.82. The Morgan fingerprint density at radius 2 is 2.00 bits per heavy atom. The smallest absolute Gasteiger partial charge is 0.418 e. The van der Waals surface area contributed by atoms with Crippen molar-refractivity contribution < 1.29 is 43.6 Å². The van der Waals surface area contributed by atoms with Gasteiger partial charge in [-0.15, -0.1) is 0 Å². The van der Waals surface area contributed by atoms with Crippen molar-refractivity contribution in [3.8, 4) is 0 Å². The van der Waals surface area contributed by atoms with E-state index in [4.69, 9.17) is 29.9 Å². The first-order valence-electron chi connectivity index (χ1n) is 8.39. The van der Waals surface area contributed by atoms with Gasteiger partial charge in [-0.3, -0.25) is 20.0 Å². The normalized spacial score (nSPS) is 28.0. The topological polar surface area (TPSA) is 202 Å². The zero-order valence-corrected chi connectivity index (χ0v) is 15.0. The molecule has 0 aromatic carbocycles. The molecule has 0 bridgehead atoms. The predicted octanol–water partition coefficient (Wildman–Crippen LogP) is -2.97. The largest absolute Gasteiger partial charge is 0.462 e. The number of hydrogen-bond donors (Lipinski definition) is 4. The summed E-state index contributed by atoms with van der Waals surface area (Å²) < 4.78 is 21.6. The van der Waals surface area contributed by atoms with E-state index in [0.29, 0.717) is 0 Å². The molecule has 0 amide bonds. The summed E-state index contributed by atoms with van der Waals surface area (Å²) in [6, 6.07) is -0.0640. The van der Waals surface area contributed by atoms with Crippen LogP contribution < -0.4 is 16.9 Å². The number of carbonyl (C=O) groups is 3. The van der Waals surface area contributed by atoms with Crippen LogP contribution in [0.2, 0.25) is 0 Å². The Kier molecular flexibility index (Phi) is 5.78. The molecule has 14 heteroatoms. The molecule has 0 unspecified atom stereocenters. The Labute approximate surface area is 162 Å². The minimum Gasteiger partial charge on any atom is -0.462 e. The van der Waals surface area contributed by atoms with Crippen LogP contribution in [0.1, 0.15) is 13.2 Å². The van der Waals surface area contributed by atoms with Gasteiger partial charge in [0.2, 0.25) is 0 Å². The Hall–Kier alpha value is -3.07. The third-order valence-electron chi connectivity index (χ3n) is 4.34. The maximum absolute atomic E-state index is 12.2. The highest BCUT2D eigenvalue weighted by Gasteiger charge is 2.55. The van der Waals surface area contributed by atoms with Gasteiger partial charge in [0.25, 0.3) is 0 Å². The Morgan fingerprint density at radius 3 is 2.59 bits per heavy atom. The molecule has 2 saturated heterocycles. The first kappa shape index (κ1) is 20.7. The lowest BCUT2D eigenvalue weighted by Gasteiger charge is -2.28. The van der Waals surface area contributed by atoms with Crippen LogP contribution >= 0.6 is 0 Å². The highest BCUT2D eigenvalue weighted by molar-refractivity contribution is 6.30. The van der Waals surface area contributed by atoms with Crippen LogP contribution in [-0.2, 0) is 33.3 Å². The van der Waals surface area contributed by atoms with Gasteiger partial charge in [0.05, 0.1) is 6.10 Å². The lowest BCUT2D eigenvalue weighted by Crippen LogP contribution is -2.49. The van der Waals surface area contributed by atoms with Crippen LogP contribution in [-0.4, -0.2) is 74.8 Å². The number of fused-ring (bicyclic) bond motifs is 1. The lowest BCUT2D eigenvalue weighted by molar-refractivity contribution is -0.195. The van der Waals surface area contributed by atoms with Crippen molar-refractivity contribution in [1.82, 2.24) is 9.55 Å². The minimum atomic E-state index is -1.31. The number of anilines is 1. The average Bonchev–Trinajstić information content (AvgIpc) is 3.02. The maximum Gasteiger partial charge on any atom is 0.418 e. The van der Waals surface area contributed by atoms with Crippen molar-refractivity contribution in [2.45, 2.75) is 43.6 Å². The first-order chi connectivity index (χ1) is 13.7. The molecular formula is C15H18N4O10. The summed E-state index contributed by atoms with van der Waals surface area (Å²) in [5.41, 5.74) is 6.32. The van der Waals surface area contributed by atoms with E-state index in [1.165, 1.54) is 19.2 Å². The number of nitrogens with one attached hydrogen (secondary N) is 1. The number of rotatable bonds is 6. The molecular weight excluding hydrogens is 396 g/mol. The molecule has 0 saturated carbocycles. The molecule has 158 valence electrons. The minimum absolute atomic E-state index is 0.134. The Morgan fingerprint density at radius 1 is 1.34 bits per heavy atom. The highest BCUT2D eigenvalue weighted by Crippen LogP contribution is 2.35. The molecule has 2 fully saturated rings. The van der Waals surface area contributed by atoms with Crippen LogP contribution in [0.15, 0.2) is 17.1 Å². The number of nitrogens with two attached hydrogens (primary N) is 1. The molecule has 29 heavy (non-hydrogen) atoms. The maximum atomic E-state index is 12.2. The van der Waals surface area contributed by atoms with E-state index >= 15 is 0 Å². The van der Waals surface area contributed by atoms with Gasteiger partial charge in [0.1, 0.15) is 18.8 Å². The van der Waals surface area contributed by atoms with E-state index in [-0.39, 0.29) is 5.82 Å². The standard InChI is InChI=1S/C15H18N4O10/c1-5(20)8(16)12(21)26-4-6-9-10(29-14(23)13(22)28-9)11(27-6)19-3-2-7(18-25)17-15(19)24/h2-3,5-6,8-11,20,25H,4,16H2,1H3,(H,17,18,24)/t5-,6-,8-,9-,10-,11-/m1/s1. The van der Waals surface area contributed by atoms with E-state index in [9.17, 15) is 24.3 Å². The number of aromatic nitrogens is 2. The molecule has 3 rings (SSSR count). The van der Waals surface area contributed by atoms with Gasteiger partial charge in [-0.1, -0.05) is 0 Å². The van der Waals surface area contributed by atoms with E-state index < -0.39 is 66.9 Å². The van der Waals surface area contributed by atoms with Crippen LogP contribution in [0.3, 0.4) is 0 Å². The second kappa shape index (κ2) is 8.12. The quantitative estimate of drug-likeness (QED) is 0.159. The number of esters is 3. The number of carbonyl (C=O) groups excluding carboxylic acids is 3. The molecule has 1 aromatic heterocycles. The zero-order valence-electron chi connectivity index (χ0n) is 15.0. The SMILES string of the molecule is C[C@@H](O)[C@@H](N)C(=O)OC[C@H]1O[C@@H](n2ccc(NO)nc2=O)[C@@H]2OC(=O)C(=O)O[C@@H]21. The van der Waals surface area contributed by atoms with Gasteiger partial charge < -0.3 is 29.8 Å². The molecule has 6 atom stereocenters. The van der Waals surface area contributed by atoms with Gasteiger partial charge in [0.15, 0.2) is 24.3 Å². The molecule has 14 nitrogen and oxygen atoms in total. The number of nitrogens with zero attached hydrogens (tertiary/aromatic N) is 2. The average molecular weight is 414 g/mol. The van der Waals surface area contributed by atoms with Crippen LogP contribution in [0, 0.1) is 0 Å². The molecule has 0 aliphatic carbocycles. The summed E-state index contributed by atoms with van der Waals surface area (Å²) in [6.07, 6.45) is -4.71. The van der Waals surface area contributed by atoms with Crippen molar-refractivity contribution in [2.24, 2.45) is 5.73 Å². The monoisotopic (exact) mass is 414 g/mol. The van der Waals surface area contributed by atoms with Gasteiger partial charge >= 0.3 is 23.6 Å². The zero-order chi connectivity index (χ0) is 21.3. The lowest BCUT2D eigenvalue weighted by atomic mass is 10.1. The summed E-state index contributed by atoms with van der Waals surface area (Å²) >= 11 is 0. The summed E-state index contributed by atoms with van der Waals surface area (Å²) in [4.78, 5) is 50.8. The molecule has 1 aromatic rings. The summed E-state index contributed by atoms with van der Waals surface area (Å²) in [6.45, 7) is 0.844. The van der Waals surface area contributed by atoms with E-state index in [1.54, 1.807) is 5.48 Å². The van der Waals surface area contributed by atoms with Crippen molar-refractivity contribution in [3.05, 3.63) is 22.7 Å². The summed E-state index contributed by atoms with van der Waals surface area (Å²) in [5.74, 6) is -3.61. The van der Waals surface area contributed by atoms with E-state index in [1.807, 2.05) is 0 Å². The second-order valence-electron chi connectivity index (χ2n) is 6.32. The molecule has 0 spiro atoms. The van der Waals surface area contributed by atoms with Gasteiger partial charge in [-0.25, -0.2) is 14.4 Å². The number of hydrogen-bond acceptors (Lipinski definition) is 13. The van der Waals surface area contributed by atoms with Gasteiger partial charge in [-0.05, 0) is 13.0 Å². The third-order valence-corrected chi connectivity index (χ3v) is 4.34. The molecule has 0 radical (unpaired) electrons. The fourth-order valence-electron chi connectivity index (χ4n) is 2.80. The van der Waals surface area contributed by atoms with E-state index in [0.717, 1.165) is 4.57 Å². The third kappa shape index (κ3) is 4.04. The molecule has 2 aliphatic heterocycles. The number of aliphatic hydroxyl groups is 1. The van der Waals surface area contributed by atoms with Crippen molar-refractivity contribution in [1.29, 1.82) is 0 Å². The summed E-state index contributed by atoms with van der Waals surface area (Å²) in [5, 5.41) is 18.2. The van der Waals surface area contributed by atoms with E-state index in [2.05, 4.69) is 4.98 Å². The Bertz CT molecular complexity index is 871. The van der Waals surface area contributed by atoms with Gasteiger partial charge in [-0.2, -0.15) is 4.98 Å². The molecule has 3 heterocycles. The van der Waals surface area contributed by atoms with Crippen LogP contribution in [0.25, 0.3) is 0 Å². The molecule has 2 aliphatic rings. The first-order valence-corrected chi connectivity index (χ1v) is 8.39. The molecule has 5 N–H and O–H groups in total. The van der Waals surface area contributed by atoms with Gasteiger partial charge in [0, 0.05) is 6.20 Å². The number of ether oxygens (including phenoxy) is 4. The fraction of sp³-hybridized carbons (Fsp3) is 0.533. The summed E-state index contributed by atoms with van der Waals surface area (Å²) in [7, 11) is 0. The van der Waals surface area contributed by atoms with Crippen molar-refractivity contribution in [3.63, 3.8) is 0 Å². The van der Waals surface area contributed by atoms with Crippen LogP contribution in [0.4, 0.5) is 5.82 Å². The fourth-order valence-corrected chi connectivity index (χ4v) is 2.80. The van der Waals surface area contributed by atoms with Crippen molar-refractivity contribution >= 4 is 23.7 Å². The highest BCUT2D eigenvalue weighted by atomic mass is 16.7.